The molecule has 0 saturated carbocycles. The Labute approximate surface area is 125 Å². The minimum absolute atomic E-state index is 0.477. The molecule has 1 aromatic carbocycles. The zero-order valence-electron chi connectivity index (χ0n) is 11.2. The number of ether oxygens (including phenoxy) is 1. The number of aromatic nitrogens is 4. The summed E-state index contributed by atoms with van der Waals surface area (Å²) in [4.78, 5) is 7.65. The van der Waals surface area contributed by atoms with Crippen LogP contribution in [0, 0.1) is 11.3 Å². The molecular weight excluding hydrogens is 286 g/mol. The van der Waals surface area contributed by atoms with Crippen LogP contribution in [0.1, 0.15) is 12.5 Å². The van der Waals surface area contributed by atoms with Crippen molar-refractivity contribution in [2.24, 2.45) is 0 Å². The molecular formula is C14H11N5OS. The fourth-order valence-corrected chi connectivity index (χ4v) is 2.64. The van der Waals surface area contributed by atoms with Crippen LogP contribution < -0.4 is 4.74 Å². The third-order valence-corrected chi connectivity index (χ3v) is 3.62. The number of nitriles is 1. The van der Waals surface area contributed by atoms with E-state index in [1.54, 1.807) is 6.07 Å². The minimum Gasteiger partial charge on any atom is -0.494 e. The van der Waals surface area contributed by atoms with Crippen LogP contribution in [0.15, 0.2) is 40.6 Å². The average molecular weight is 297 g/mol. The summed E-state index contributed by atoms with van der Waals surface area (Å²) < 4.78 is 5.46. The van der Waals surface area contributed by atoms with Crippen molar-refractivity contribution in [1.82, 2.24) is 20.2 Å². The van der Waals surface area contributed by atoms with Crippen LogP contribution in [0.25, 0.3) is 11.0 Å². The van der Waals surface area contributed by atoms with Gasteiger partial charge < -0.3 is 9.72 Å². The molecule has 6 nitrogen and oxygen atoms in total. The molecule has 2 heterocycles. The van der Waals surface area contributed by atoms with Crippen LogP contribution >= 0.6 is 11.8 Å². The van der Waals surface area contributed by atoms with Crippen molar-refractivity contribution >= 4 is 22.8 Å². The van der Waals surface area contributed by atoms with E-state index in [0.29, 0.717) is 22.4 Å². The molecule has 0 amide bonds. The van der Waals surface area contributed by atoms with Gasteiger partial charge in [0.15, 0.2) is 5.16 Å². The van der Waals surface area contributed by atoms with Gasteiger partial charge >= 0.3 is 0 Å². The number of hydrogen-bond acceptors (Lipinski definition) is 6. The Hall–Kier alpha value is -2.59. The molecule has 0 spiro atoms. The highest BCUT2D eigenvalue weighted by Gasteiger charge is 2.10. The van der Waals surface area contributed by atoms with Gasteiger partial charge in [-0.15, -0.1) is 5.10 Å². The highest BCUT2D eigenvalue weighted by Crippen LogP contribution is 2.28. The molecule has 3 aromatic rings. The number of fused-ring (bicyclic) bond motifs is 1. The van der Waals surface area contributed by atoms with Crippen molar-refractivity contribution in [3.8, 4) is 11.8 Å². The minimum atomic E-state index is 0.477. The maximum Gasteiger partial charge on any atom is 0.172 e. The lowest BCUT2D eigenvalue weighted by Gasteiger charge is -2.00. The SMILES string of the molecule is CCOc1ccc2nc(Sc3nnccc3C#N)[nH]c2c1. The van der Waals surface area contributed by atoms with E-state index in [-0.39, 0.29) is 0 Å². The molecule has 0 aliphatic rings. The Morgan fingerprint density at radius 3 is 3.10 bits per heavy atom. The maximum absolute atomic E-state index is 9.05. The normalized spacial score (nSPS) is 10.5. The lowest BCUT2D eigenvalue weighted by atomic mass is 10.3. The van der Waals surface area contributed by atoms with E-state index in [9.17, 15) is 0 Å². The first kappa shape index (κ1) is 13.4. The second-order valence-corrected chi connectivity index (χ2v) is 5.10. The van der Waals surface area contributed by atoms with E-state index in [2.05, 4.69) is 26.2 Å². The molecule has 0 fully saturated rings. The molecule has 0 saturated heterocycles. The zero-order valence-corrected chi connectivity index (χ0v) is 12.0. The predicted molar refractivity (Wildman–Crippen MR) is 78.1 cm³/mol. The largest absolute Gasteiger partial charge is 0.494 e. The summed E-state index contributed by atoms with van der Waals surface area (Å²) in [5.41, 5.74) is 2.19. The smallest absolute Gasteiger partial charge is 0.172 e. The van der Waals surface area contributed by atoms with Gasteiger partial charge in [-0.1, -0.05) is 0 Å². The highest BCUT2D eigenvalue weighted by atomic mass is 32.2. The van der Waals surface area contributed by atoms with Crippen molar-refractivity contribution in [2.45, 2.75) is 17.1 Å². The monoisotopic (exact) mass is 297 g/mol. The van der Waals surface area contributed by atoms with E-state index < -0.39 is 0 Å². The molecule has 0 atom stereocenters. The van der Waals surface area contributed by atoms with Crippen LogP contribution in [0.3, 0.4) is 0 Å². The average Bonchev–Trinajstić information content (AvgIpc) is 2.89. The van der Waals surface area contributed by atoms with Crippen LogP contribution in [0.2, 0.25) is 0 Å². The lowest BCUT2D eigenvalue weighted by Crippen LogP contribution is -1.90. The van der Waals surface area contributed by atoms with Gasteiger partial charge in [0.25, 0.3) is 0 Å². The Morgan fingerprint density at radius 2 is 2.29 bits per heavy atom. The molecule has 0 aliphatic heterocycles. The van der Waals surface area contributed by atoms with Gasteiger partial charge in [-0.05, 0) is 36.9 Å². The van der Waals surface area contributed by atoms with Crippen molar-refractivity contribution in [1.29, 1.82) is 5.26 Å². The van der Waals surface area contributed by atoms with Gasteiger partial charge in [0.05, 0.1) is 29.4 Å². The van der Waals surface area contributed by atoms with Crippen LogP contribution in [-0.2, 0) is 0 Å². The van der Waals surface area contributed by atoms with Crippen LogP contribution in [-0.4, -0.2) is 26.8 Å². The first-order valence-corrected chi connectivity index (χ1v) is 7.14. The lowest BCUT2D eigenvalue weighted by molar-refractivity contribution is 0.340. The van der Waals surface area contributed by atoms with Crippen LogP contribution in [0.4, 0.5) is 0 Å². The fraction of sp³-hybridized carbons (Fsp3) is 0.143. The van der Waals surface area contributed by atoms with Gasteiger partial charge in [0.1, 0.15) is 16.8 Å². The van der Waals surface area contributed by atoms with Crippen molar-refractivity contribution in [3.05, 3.63) is 36.0 Å². The standard InChI is InChI=1S/C14H11N5OS/c1-2-20-10-3-4-11-12(7-10)18-14(17-11)21-13-9(8-15)5-6-16-19-13/h3-7H,2H2,1H3,(H,17,18). The van der Waals surface area contributed by atoms with E-state index >= 15 is 0 Å². The first-order chi connectivity index (χ1) is 10.3. The van der Waals surface area contributed by atoms with E-state index in [1.807, 2.05) is 25.1 Å². The Kier molecular flexibility index (Phi) is 3.71. The molecule has 1 N–H and O–H groups in total. The third-order valence-electron chi connectivity index (χ3n) is 2.74. The predicted octanol–water partition coefficient (Wildman–Crippen LogP) is 2.77. The molecule has 3 rings (SSSR count). The number of aromatic amines is 1. The molecule has 104 valence electrons. The fourth-order valence-electron chi connectivity index (χ4n) is 1.84. The number of benzene rings is 1. The van der Waals surface area contributed by atoms with Gasteiger partial charge in [0.2, 0.25) is 0 Å². The Morgan fingerprint density at radius 1 is 1.38 bits per heavy atom. The summed E-state index contributed by atoms with van der Waals surface area (Å²) in [5, 5.41) is 18.0. The Balaban J connectivity index is 1.93. The zero-order chi connectivity index (χ0) is 14.7. The number of nitrogens with one attached hydrogen (secondary N) is 1. The van der Waals surface area contributed by atoms with E-state index in [1.165, 1.54) is 18.0 Å². The maximum atomic E-state index is 9.05. The van der Waals surface area contributed by atoms with Crippen molar-refractivity contribution in [2.75, 3.05) is 6.61 Å². The summed E-state index contributed by atoms with van der Waals surface area (Å²) in [6.07, 6.45) is 1.50. The number of hydrogen-bond donors (Lipinski definition) is 1. The highest BCUT2D eigenvalue weighted by molar-refractivity contribution is 7.99. The third kappa shape index (κ3) is 2.80. The number of rotatable bonds is 4. The summed E-state index contributed by atoms with van der Waals surface area (Å²) in [7, 11) is 0. The number of imidazole rings is 1. The summed E-state index contributed by atoms with van der Waals surface area (Å²) >= 11 is 1.28. The topological polar surface area (TPSA) is 87.5 Å². The Bertz CT molecular complexity index is 824. The number of H-pyrrole nitrogens is 1. The van der Waals surface area contributed by atoms with Crippen molar-refractivity contribution < 1.29 is 4.74 Å². The summed E-state index contributed by atoms with van der Waals surface area (Å²) in [6.45, 7) is 2.56. The summed E-state index contributed by atoms with van der Waals surface area (Å²) in [5.74, 6) is 0.794. The molecule has 21 heavy (non-hydrogen) atoms. The molecule has 0 unspecified atom stereocenters. The first-order valence-electron chi connectivity index (χ1n) is 6.32. The molecule has 0 bridgehead atoms. The van der Waals surface area contributed by atoms with Crippen molar-refractivity contribution in [3.63, 3.8) is 0 Å². The van der Waals surface area contributed by atoms with Gasteiger partial charge in [0, 0.05) is 6.07 Å². The second-order valence-electron chi connectivity index (χ2n) is 4.12. The summed E-state index contributed by atoms with van der Waals surface area (Å²) in [6, 6.07) is 9.39. The van der Waals surface area contributed by atoms with Gasteiger partial charge in [-0.2, -0.15) is 10.4 Å². The van der Waals surface area contributed by atoms with Crippen LogP contribution in [0.5, 0.6) is 5.75 Å². The molecule has 7 heteroatoms. The molecule has 0 radical (unpaired) electrons. The molecule has 2 aromatic heterocycles. The van der Waals surface area contributed by atoms with Gasteiger partial charge in [-0.25, -0.2) is 4.98 Å². The second kappa shape index (κ2) is 5.81. The number of nitrogens with zero attached hydrogens (tertiary/aromatic N) is 4. The van der Waals surface area contributed by atoms with E-state index in [0.717, 1.165) is 16.8 Å². The van der Waals surface area contributed by atoms with Gasteiger partial charge in [-0.3, -0.25) is 0 Å². The quantitative estimate of drug-likeness (QED) is 0.796. The molecule has 0 aliphatic carbocycles. The van der Waals surface area contributed by atoms with E-state index in [4.69, 9.17) is 10.00 Å².